The lowest BCUT2D eigenvalue weighted by Gasteiger charge is -2.03. The van der Waals surface area contributed by atoms with Crippen molar-refractivity contribution in [2.24, 2.45) is 0 Å². The summed E-state index contributed by atoms with van der Waals surface area (Å²) in [7, 11) is 0. The quantitative estimate of drug-likeness (QED) is 0.907. The van der Waals surface area contributed by atoms with Gasteiger partial charge in [-0.15, -0.1) is 11.3 Å². The third kappa shape index (κ3) is 2.55. The summed E-state index contributed by atoms with van der Waals surface area (Å²) in [5.41, 5.74) is 1.29. The molecule has 17 heavy (non-hydrogen) atoms. The van der Waals surface area contributed by atoms with Gasteiger partial charge in [0, 0.05) is 4.88 Å². The number of rotatable bonds is 4. The molecule has 90 valence electrons. The van der Waals surface area contributed by atoms with Gasteiger partial charge in [0.05, 0.1) is 12.2 Å². The number of aromatic nitrogens is 1. The van der Waals surface area contributed by atoms with Gasteiger partial charge in [0.1, 0.15) is 11.3 Å². The molecule has 2 aromatic rings. The SMILES string of the molecule is CCc1noc(C)c1C(=O)NCc1cccs1. The zero-order valence-corrected chi connectivity index (χ0v) is 10.6. The molecule has 4 nitrogen and oxygen atoms in total. The zero-order chi connectivity index (χ0) is 12.3. The van der Waals surface area contributed by atoms with Crippen LogP contribution in [0.5, 0.6) is 0 Å². The maximum Gasteiger partial charge on any atom is 0.257 e. The summed E-state index contributed by atoms with van der Waals surface area (Å²) in [5, 5.41) is 8.73. The third-order valence-electron chi connectivity index (χ3n) is 2.50. The largest absolute Gasteiger partial charge is 0.361 e. The maximum absolute atomic E-state index is 12.0. The number of thiophene rings is 1. The fourth-order valence-corrected chi connectivity index (χ4v) is 2.26. The minimum Gasteiger partial charge on any atom is -0.361 e. The molecule has 0 unspecified atom stereocenters. The molecule has 0 aliphatic heterocycles. The van der Waals surface area contributed by atoms with Crippen LogP contribution < -0.4 is 5.32 Å². The molecule has 0 saturated carbocycles. The highest BCUT2D eigenvalue weighted by molar-refractivity contribution is 7.09. The summed E-state index contributed by atoms with van der Waals surface area (Å²) in [4.78, 5) is 13.1. The van der Waals surface area contributed by atoms with Crippen LogP contribution in [0, 0.1) is 6.92 Å². The smallest absolute Gasteiger partial charge is 0.257 e. The molecule has 2 rings (SSSR count). The Morgan fingerprint density at radius 3 is 3.06 bits per heavy atom. The molecule has 2 heterocycles. The number of carbonyl (C=O) groups is 1. The van der Waals surface area contributed by atoms with Gasteiger partial charge in [0.2, 0.25) is 0 Å². The molecule has 1 amide bonds. The maximum atomic E-state index is 12.0. The number of aryl methyl sites for hydroxylation is 2. The third-order valence-corrected chi connectivity index (χ3v) is 3.38. The van der Waals surface area contributed by atoms with Crippen LogP contribution in [0.1, 0.15) is 33.6 Å². The zero-order valence-electron chi connectivity index (χ0n) is 9.82. The first kappa shape index (κ1) is 11.9. The van der Waals surface area contributed by atoms with E-state index in [4.69, 9.17) is 4.52 Å². The van der Waals surface area contributed by atoms with Gasteiger partial charge < -0.3 is 9.84 Å². The van der Waals surface area contributed by atoms with E-state index in [1.807, 2.05) is 24.4 Å². The molecule has 0 fully saturated rings. The van der Waals surface area contributed by atoms with E-state index >= 15 is 0 Å². The highest BCUT2D eigenvalue weighted by atomic mass is 32.1. The van der Waals surface area contributed by atoms with E-state index in [9.17, 15) is 4.79 Å². The molecule has 0 radical (unpaired) electrons. The summed E-state index contributed by atoms with van der Waals surface area (Å²) >= 11 is 1.62. The van der Waals surface area contributed by atoms with Crippen LogP contribution in [-0.2, 0) is 13.0 Å². The minimum atomic E-state index is -0.117. The first-order chi connectivity index (χ1) is 8.22. The van der Waals surface area contributed by atoms with Gasteiger partial charge in [-0.2, -0.15) is 0 Å². The topological polar surface area (TPSA) is 55.1 Å². The molecule has 0 aliphatic carbocycles. The molecule has 2 aromatic heterocycles. The van der Waals surface area contributed by atoms with E-state index in [0.29, 0.717) is 30.0 Å². The Bertz CT molecular complexity index is 503. The molecule has 1 N–H and O–H groups in total. The van der Waals surface area contributed by atoms with Crippen molar-refractivity contribution in [3.63, 3.8) is 0 Å². The molecular formula is C12H14N2O2S. The number of nitrogens with zero attached hydrogens (tertiary/aromatic N) is 1. The van der Waals surface area contributed by atoms with Crippen molar-refractivity contribution in [2.75, 3.05) is 0 Å². The summed E-state index contributed by atoms with van der Waals surface area (Å²) in [6.07, 6.45) is 0.694. The number of nitrogens with one attached hydrogen (secondary N) is 1. The first-order valence-electron chi connectivity index (χ1n) is 5.48. The molecule has 0 bridgehead atoms. The van der Waals surface area contributed by atoms with Gasteiger partial charge in [-0.05, 0) is 24.8 Å². The summed E-state index contributed by atoms with van der Waals surface area (Å²) < 4.78 is 5.04. The summed E-state index contributed by atoms with van der Waals surface area (Å²) in [5.74, 6) is 0.458. The Morgan fingerprint density at radius 1 is 1.59 bits per heavy atom. The second-order valence-electron chi connectivity index (χ2n) is 3.68. The second-order valence-corrected chi connectivity index (χ2v) is 4.71. The van der Waals surface area contributed by atoms with Crippen molar-refractivity contribution >= 4 is 17.2 Å². The lowest BCUT2D eigenvalue weighted by Crippen LogP contribution is -2.23. The standard InChI is InChI=1S/C12H14N2O2S/c1-3-10-11(8(2)16-14-10)12(15)13-7-9-5-4-6-17-9/h4-6H,3,7H2,1-2H3,(H,13,15). The molecular weight excluding hydrogens is 236 g/mol. The van der Waals surface area contributed by atoms with E-state index in [1.54, 1.807) is 18.3 Å². The summed E-state index contributed by atoms with van der Waals surface area (Å²) in [6, 6.07) is 3.96. The Kier molecular flexibility index (Phi) is 3.58. The van der Waals surface area contributed by atoms with Crippen LogP contribution in [0.15, 0.2) is 22.0 Å². The van der Waals surface area contributed by atoms with Crippen LogP contribution in [0.4, 0.5) is 0 Å². The lowest BCUT2D eigenvalue weighted by molar-refractivity contribution is 0.0949. The minimum absolute atomic E-state index is 0.117. The van der Waals surface area contributed by atoms with Crippen LogP contribution in [0.3, 0.4) is 0 Å². The summed E-state index contributed by atoms with van der Waals surface area (Å²) in [6.45, 7) is 4.25. The van der Waals surface area contributed by atoms with Crippen LogP contribution >= 0.6 is 11.3 Å². The van der Waals surface area contributed by atoms with Crippen molar-refractivity contribution in [3.05, 3.63) is 39.4 Å². The number of hydrogen-bond acceptors (Lipinski definition) is 4. The molecule has 0 aromatic carbocycles. The van der Waals surface area contributed by atoms with Crippen molar-refractivity contribution in [2.45, 2.75) is 26.8 Å². The highest BCUT2D eigenvalue weighted by Crippen LogP contribution is 2.14. The van der Waals surface area contributed by atoms with Gasteiger partial charge in [0.25, 0.3) is 5.91 Å². The highest BCUT2D eigenvalue weighted by Gasteiger charge is 2.18. The molecule has 0 aliphatic rings. The average molecular weight is 250 g/mol. The van der Waals surface area contributed by atoms with Crippen molar-refractivity contribution in [1.29, 1.82) is 0 Å². The molecule has 0 atom stereocenters. The van der Waals surface area contributed by atoms with Gasteiger partial charge >= 0.3 is 0 Å². The van der Waals surface area contributed by atoms with Crippen molar-refractivity contribution < 1.29 is 9.32 Å². The van der Waals surface area contributed by atoms with E-state index in [2.05, 4.69) is 10.5 Å². The normalized spacial score (nSPS) is 10.5. The van der Waals surface area contributed by atoms with E-state index < -0.39 is 0 Å². The van der Waals surface area contributed by atoms with E-state index in [-0.39, 0.29) is 5.91 Å². The van der Waals surface area contributed by atoms with E-state index in [0.717, 1.165) is 4.88 Å². The van der Waals surface area contributed by atoms with Crippen molar-refractivity contribution in [3.8, 4) is 0 Å². The first-order valence-corrected chi connectivity index (χ1v) is 6.36. The van der Waals surface area contributed by atoms with Gasteiger partial charge in [0.15, 0.2) is 0 Å². The Hall–Kier alpha value is -1.62. The number of amides is 1. The van der Waals surface area contributed by atoms with E-state index in [1.165, 1.54) is 0 Å². The van der Waals surface area contributed by atoms with Gasteiger partial charge in [-0.1, -0.05) is 18.1 Å². The fourth-order valence-electron chi connectivity index (χ4n) is 1.62. The number of carbonyl (C=O) groups excluding carboxylic acids is 1. The van der Waals surface area contributed by atoms with Gasteiger partial charge in [-0.25, -0.2) is 0 Å². The fraction of sp³-hybridized carbons (Fsp3) is 0.333. The molecule has 0 spiro atoms. The monoisotopic (exact) mass is 250 g/mol. The van der Waals surface area contributed by atoms with Crippen LogP contribution in [0.25, 0.3) is 0 Å². The molecule has 5 heteroatoms. The number of hydrogen-bond donors (Lipinski definition) is 1. The lowest BCUT2D eigenvalue weighted by atomic mass is 10.1. The predicted molar refractivity (Wildman–Crippen MR) is 66.1 cm³/mol. The Balaban J connectivity index is 2.06. The predicted octanol–water partition coefficient (Wildman–Crippen LogP) is 2.54. The second kappa shape index (κ2) is 5.14. The molecule has 0 saturated heterocycles. The Labute approximate surface area is 104 Å². The van der Waals surface area contributed by atoms with Gasteiger partial charge in [-0.3, -0.25) is 4.79 Å². The Morgan fingerprint density at radius 2 is 2.41 bits per heavy atom. The average Bonchev–Trinajstić information content (AvgIpc) is 2.94. The van der Waals surface area contributed by atoms with Crippen LogP contribution in [0.2, 0.25) is 0 Å². The van der Waals surface area contributed by atoms with Crippen molar-refractivity contribution in [1.82, 2.24) is 10.5 Å². The van der Waals surface area contributed by atoms with Crippen LogP contribution in [-0.4, -0.2) is 11.1 Å².